The van der Waals surface area contributed by atoms with Crippen molar-refractivity contribution in [1.29, 1.82) is 0 Å². The molecule has 2 unspecified atom stereocenters. The number of para-hydroxylation sites is 2. The number of fused-ring (bicyclic) bond motifs is 1. The van der Waals surface area contributed by atoms with E-state index in [-0.39, 0.29) is 18.4 Å². The molecule has 0 aromatic heterocycles. The second-order valence-corrected chi connectivity index (χ2v) is 10.7. The molecule has 3 fully saturated rings. The molecule has 3 aliphatic heterocycles. The molecular formula is C27H30ClN3O5. The molecule has 36 heavy (non-hydrogen) atoms. The minimum atomic E-state index is -1.19. The number of benzene rings is 2. The zero-order valence-electron chi connectivity index (χ0n) is 20.5. The molecule has 3 amide bonds. The van der Waals surface area contributed by atoms with E-state index in [1.807, 2.05) is 38.1 Å². The Morgan fingerprint density at radius 2 is 1.86 bits per heavy atom. The summed E-state index contributed by atoms with van der Waals surface area (Å²) in [4.78, 5) is 42.8. The predicted molar refractivity (Wildman–Crippen MR) is 136 cm³/mol. The average molecular weight is 512 g/mol. The SMILES string of the molecule is Cc1cccc(Cl)c1NC(=O)C1N([C@H](C)CO)C(=O)[C@@H]2[C@@H](C(=O)Nc3ccccc3)[C@@]3(C)CCC12O3. The van der Waals surface area contributed by atoms with E-state index in [1.165, 1.54) is 4.90 Å². The van der Waals surface area contributed by atoms with Crippen LogP contribution in [0.4, 0.5) is 11.4 Å². The normalized spacial score (nSPS) is 31.3. The third-order valence-electron chi connectivity index (χ3n) is 8.00. The summed E-state index contributed by atoms with van der Waals surface area (Å²) in [6, 6.07) is 12.7. The van der Waals surface area contributed by atoms with E-state index in [0.717, 1.165) is 5.56 Å². The van der Waals surface area contributed by atoms with Crippen LogP contribution in [0.25, 0.3) is 0 Å². The summed E-state index contributed by atoms with van der Waals surface area (Å²) >= 11 is 6.37. The molecule has 3 saturated heterocycles. The molecule has 3 aliphatic rings. The van der Waals surface area contributed by atoms with Gasteiger partial charge in [-0.15, -0.1) is 0 Å². The first kappa shape index (κ1) is 24.7. The molecule has 2 aromatic carbocycles. The predicted octanol–water partition coefficient (Wildman–Crippen LogP) is 3.37. The van der Waals surface area contributed by atoms with Crippen molar-refractivity contribution in [2.45, 2.75) is 56.9 Å². The third kappa shape index (κ3) is 3.62. The fraction of sp³-hybridized carbons (Fsp3) is 0.444. The number of rotatable bonds is 6. The molecule has 3 N–H and O–H groups in total. The van der Waals surface area contributed by atoms with Crippen molar-refractivity contribution in [2.75, 3.05) is 17.2 Å². The Bertz CT molecular complexity index is 1200. The number of amides is 3. The Morgan fingerprint density at radius 1 is 1.14 bits per heavy atom. The van der Waals surface area contributed by atoms with Gasteiger partial charge in [-0.2, -0.15) is 0 Å². The quantitative estimate of drug-likeness (QED) is 0.551. The minimum absolute atomic E-state index is 0.316. The van der Waals surface area contributed by atoms with E-state index in [0.29, 0.717) is 29.2 Å². The summed E-state index contributed by atoms with van der Waals surface area (Å²) < 4.78 is 6.57. The van der Waals surface area contributed by atoms with E-state index >= 15 is 0 Å². The summed E-state index contributed by atoms with van der Waals surface area (Å²) in [7, 11) is 0. The molecule has 1 spiro atoms. The number of aliphatic hydroxyl groups is 1. The lowest BCUT2D eigenvalue weighted by atomic mass is 9.66. The van der Waals surface area contributed by atoms with Crippen molar-refractivity contribution in [2.24, 2.45) is 11.8 Å². The minimum Gasteiger partial charge on any atom is -0.394 e. The molecule has 8 nitrogen and oxygen atoms in total. The molecule has 9 heteroatoms. The van der Waals surface area contributed by atoms with E-state index in [4.69, 9.17) is 16.3 Å². The van der Waals surface area contributed by atoms with Gasteiger partial charge in [-0.3, -0.25) is 14.4 Å². The van der Waals surface area contributed by atoms with Crippen LogP contribution in [0, 0.1) is 18.8 Å². The first-order valence-corrected chi connectivity index (χ1v) is 12.6. The van der Waals surface area contributed by atoms with Crippen LogP contribution in [0.5, 0.6) is 0 Å². The van der Waals surface area contributed by atoms with Gasteiger partial charge >= 0.3 is 0 Å². The summed E-state index contributed by atoms with van der Waals surface area (Å²) in [6.07, 6.45) is 0.975. The smallest absolute Gasteiger partial charge is 0.250 e. The number of nitrogens with zero attached hydrogens (tertiary/aromatic N) is 1. The van der Waals surface area contributed by atoms with Crippen molar-refractivity contribution in [3.8, 4) is 0 Å². The molecular weight excluding hydrogens is 482 g/mol. The van der Waals surface area contributed by atoms with Gasteiger partial charge in [-0.05, 0) is 57.4 Å². The van der Waals surface area contributed by atoms with Crippen molar-refractivity contribution in [1.82, 2.24) is 4.90 Å². The Kier molecular flexibility index (Phi) is 6.09. The largest absolute Gasteiger partial charge is 0.394 e. The van der Waals surface area contributed by atoms with Crippen LogP contribution in [0.2, 0.25) is 5.02 Å². The van der Waals surface area contributed by atoms with Gasteiger partial charge < -0.3 is 25.4 Å². The van der Waals surface area contributed by atoms with Gasteiger partial charge in [0, 0.05) is 5.69 Å². The molecule has 0 saturated carbocycles. The van der Waals surface area contributed by atoms with Gasteiger partial charge in [-0.25, -0.2) is 0 Å². The Morgan fingerprint density at radius 3 is 2.53 bits per heavy atom. The molecule has 5 rings (SSSR count). The van der Waals surface area contributed by atoms with Crippen molar-refractivity contribution in [3.63, 3.8) is 0 Å². The number of halogens is 1. The molecule has 2 bridgehead atoms. The number of likely N-dealkylation sites (tertiary alicyclic amines) is 1. The first-order valence-electron chi connectivity index (χ1n) is 12.2. The van der Waals surface area contributed by atoms with E-state index in [2.05, 4.69) is 10.6 Å². The summed E-state index contributed by atoms with van der Waals surface area (Å²) in [5.74, 6) is -2.76. The van der Waals surface area contributed by atoms with Crippen LogP contribution in [0.15, 0.2) is 48.5 Å². The van der Waals surface area contributed by atoms with Crippen LogP contribution in [-0.4, -0.2) is 57.6 Å². The lowest BCUT2D eigenvalue weighted by Gasteiger charge is -2.35. The first-order chi connectivity index (χ1) is 17.1. The monoisotopic (exact) mass is 511 g/mol. The number of hydrogen-bond acceptors (Lipinski definition) is 5. The number of aryl methyl sites for hydroxylation is 1. The Labute approximate surface area is 215 Å². The van der Waals surface area contributed by atoms with Gasteiger partial charge in [-0.1, -0.05) is 41.9 Å². The van der Waals surface area contributed by atoms with Crippen LogP contribution in [-0.2, 0) is 19.1 Å². The standard InChI is InChI=1S/C27H30ClN3O5/c1-15-8-7-11-18(28)21(15)30-24(34)22-27-13-12-26(3,36-27)19(20(27)25(35)31(22)16(2)14-32)23(33)29-17-9-5-4-6-10-17/h4-11,16,19-20,22,32H,12-14H2,1-3H3,(H,29,33)(H,30,34)/t16-,19+,20+,22?,26-,27?/m1/s1. The third-order valence-corrected chi connectivity index (χ3v) is 8.31. The molecule has 0 aliphatic carbocycles. The second-order valence-electron chi connectivity index (χ2n) is 10.3. The Hall–Kier alpha value is -2.94. The fourth-order valence-corrected chi connectivity index (χ4v) is 6.62. The van der Waals surface area contributed by atoms with Gasteiger partial charge in [0.1, 0.15) is 11.6 Å². The van der Waals surface area contributed by atoms with Gasteiger partial charge in [0.05, 0.1) is 40.8 Å². The lowest BCUT2D eigenvalue weighted by molar-refractivity contribution is -0.146. The summed E-state index contributed by atoms with van der Waals surface area (Å²) in [5.41, 5.74) is -0.220. The van der Waals surface area contributed by atoms with E-state index < -0.39 is 41.0 Å². The number of ether oxygens (including phenoxy) is 1. The fourth-order valence-electron chi connectivity index (χ4n) is 6.35. The maximum atomic E-state index is 13.9. The summed E-state index contributed by atoms with van der Waals surface area (Å²) in [6.45, 7) is 5.03. The lowest BCUT2D eigenvalue weighted by Crippen LogP contribution is -2.56. The number of carbonyl (C=O) groups is 3. The zero-order chi connectivity index (χ0) is 25.8. The number of hydrogen-bond donors (Lipinski definition) is 3. The van der Waals surface area contributed by atoms with Crippen LogP contribution < -0.4 is 10.6 Å². The van der Waals surface area contributed by atoms with E-state index in [9.17, 15) is 19.5 Å². The van der Waals surface area contributed by atoms with Crippen LogP contribution in [0.1, 0.15) is 32.3 Å². The molecule has 190 valence electrons. The highest BCUT2D eigenvalue weighted by atomic mass is 35.5. The van der Waals surface area contributed by atoms with E-state index in [1.54, 1.807) is 31.2 Å². The summed E-state index contributed by atoms with van der Waals surface area (Å²) in [5, 5.41) is 16.2. The van der Waals surface area contributed by atoms with Crippen LogP contribution >= 0.6 is 11.6 Å². The maximum absolute atomic E-state index is 13.9. The van der Waals surface area contributed by atoms with Crippen molar-refractivity contribution >= 4 is 40.7 Å². The zero-order valence-corrected chi connectivity index (χ0v) is 21.2. The number of aliphatic hydroxyl groups excluding tert-OH is 1. The maximum Gasteiger partial charge on any atom is 0.250 e. The second kappa shape index (κ2) is 8.87. The van der Waals surface area contributed by atoms with Crippen molar-refractivity contribution < 1.29 is 24.2 Å². The number of anilines is 2. The molecule has 0 radical (unpaired) electrons. The van der Waals surface area contributed by atoms with Gasteiger partial charge in [0.2, 0.25) is 17.7 Å². The molecule has 6 atom stereocenters. The highest BCUT2D eigenvalue weighted by Gasteiger charge is 2.78. The van der Waals surface area contributed by atoms with Crippen molar-refractivity contribution in [3.05, 3.63) is 59.1 Å². The number of nitrogens with one attached hydrogen (secondary N) is 2. The average Bonchev–Trinajstić information content (AvgIpc) is 3.42. The van der Waals surface area contributed by atoms with Gasteiger partial charge in [0.25, 0.3) is 0 Å². The molecule has 3 heterocycles. The van der Waals surface area contributed by atoms with Gasteiger partial charge in [0.15, 0.2) is 0 Å². The highest BCUT2D eigenvalue weighted by Crippen LogP contribution is 2.63. The Balaban J connectivity index is 1.54. The molecule has 2 aromatic rings. The highest BCUT2D eigenvalue weighted by molar-refractivity contribution is 6.34. The topological polar surface area (TPSA) is 108 Å². The van der Waals surface area contributed by atoms with Crippen LogP contribution in [0.3, 0.4) is 0 Å². The number of carbonyl (C=O) groups excluding carboxylic acids is 3.